The van der Waals surface area contributed by atoms with Gasteiger partial charge in [-0.15, -0.1) is 0 Å². The Morgan fingerprint density at radius 2 is 2.10 bits per heavy atom. The summed E-state index contributed by atoms with van der Waals surface area (Å²) in [7, 11) is 0. The topological polar surface area (TPSA) is 27.1 Å². The Bertz CT molecular complexity index is 674. The zero-order valence-electron chi connectivity index (χ0n) is 11.8. The highest BCUT2D eigenvalue weighted by molar-refractivity contribution is 9.10. The van der Waals surface area contributed by atoms with Gasteiger partial charge < -0.3 is 4.74 Å². The van der Waals surface area contributed by atoms with Crippen molar-refractivity contribution in [2.45, 2.75) is 50.7 Å². The molecular formula is C16H18BrClN2O. The number of halogens is 2. The van der Waals surface area contributed by atoms with Crippen LogP contribution >= 0.6 is 27.5 Å². The third-order valence-corrected chi connectivity index (χ3v) is 5.94. The maximum Gasteiger partial charge on any atom is 0.150 e. The van der Waals surface area contributed by atoms with Crippen molar-refractivity contribution < 1.29 is 4.74 Å². The van der Waals surface area contributed by atoms with Crippen LogP contribution in [-0.4, -0.2) is 16.4 Å². The maximum atomic E-state index is 6.57. The first-order chi connectivity index (χ1) is 10.3. The molecule has 1 saturated carbocycles. The van der Waals surface area contributed by atoms with Crippen molar-refractivity contribution in [3.8, 4) is 0 Å². The van der Waals surface area contributed by atoms with Gasteiger partial charge in [0.05, 0.1) is 11.7 Å². The van der Waals surface area contributed by atoms with Crippen LogP contribution in [0.4, 0.5) is 0 Å². The van der Waals surface area contributed by atoms with E-state index in [-0.39, 0.29) is 6.23 Å². The van der Waals surface area contributed by atoms with E-state index in [1.807, 2.05) is 10.9 Å². The van der Waals surface area contributed by atoms with Crippen molar-refractivity contribution in [1.29, 1.82) is 0 Å². The second-order valence-electron chi connectivity index (χ2n) is 6.06. The fourth-order valence-corrected chi connectivity index (χ4v) is 4.66. The van der Waals surface area contributed by atoms with Gasteiger partial charge >= 0.3 is 0 Å². The molecule has 21 heavy (non-hydrogen) atoms. The summed E-state index contributed by atoms with van der Waals surface area (Å²) in [6.45, 7) is 0.821. The SMILES string of the molecule is Clc1cc2c(cnn2C2CCCCO2)c(Br)c1C1CCC1. The first kappa shape index (κ1) is 14.0. The average molecular weight is 370 g/mol. The minimum absolute atomic E-state index is 0.0498. The summed E-state index contributed by atoms with van der Waals surface area (Å²) in [5.41, 5.74) is 2.33. The van der Waals surface area contributed by atoms with Crippen LogP contribution in [0.25, 0.3) is 10.9 Å². The molecule has 112 valence electrons. The highest BCUT2D eigenvalue weighted by Gasteiger charge is 2.27. The van der Waals surface area contributed by atoms with E-state index in [4.69, 9.17) is 16.3 Å². The summed E-state index contributed by atoms with van der Waals surface area (Å²) >= 11 is 10.3. The van der Waals surface area contributed by atoms with Gasteiger partial charge in [-0.2, -0.15) is 5.10 Å². The number of aromatic nitrogens is 2. The molecule has 1 aromatic heterocycles. The van der Waals surface area contributed by atoms with Crippen molar-refractivity contribution in [1.82, 2.24) is 9.78 Å². The smallest absolute Gasteiger partial charge is 0.150 e. The third kappa shape index (κ3) is 2.32. The number of ether oxygens (including phenoxy) is 1. The highest BCUT2D eigenvalue weighted by atomic mass is 79.9. The average Bonchev–Trinajstić information content (AvgIpc) is 2.86. The lowest BCUT2D eigenvalue weighted by Crippen LogP contribution is -2.19. The van der Waals surface area contributed by atoms with Gasteiger partial charge in [0.2, 0.25) is 0 Å². The van der Waals surface area contributed by atoms with Crippen LogP contribution in [0.15, 0.2) is 16.7 Å². The Balaban J connectivity index is 1.81. The molecule has 0 bridgehead atoms. The van der Waals surface area contributed by atoms with Gasteiger partial charge in [-0.3, -0.25) is 0 Å². The zero-order valence-corrected chi connectivity index (χ0v) is 14.2. The molecule has 1 aliphatic carbocycles. The van der Waals surface area contributed by atoms with E-state index in [9.17, 15) is 0 Å². The van der Waals surface area contributed by atoms with Gasteiger partial charge in [-0.1, -0.05) is 18.0 Å². The Kier molecular flexibility index (Phi) is 3.72. The molecule has 4 rings (SSSR count). The fourth-order valence-electron chi connectivity index (χ4n) is 3.35. The second-order valence-corrected chi connectivity index (χ2v) is 7.26. The number of rotatable bonds is 2. The molecule has 2 aliphatic rings. The Labute approximate surface area is 137 Å². The number of hydrogen-bond donors (Lipinski definition) is 0. The summed E-state index contributed by atoms with van der Waals surface area (Å²) in [6, 6.07) is 2.07. The molecule has 0 spiro atoms. The number of fused-ring (bicyclic) bond motifs is 1. The Morgan fingerprint density at radius 1 is 1.24 bits per heavy atom. The maximum absolute atomic E-state index is 6.57. The van der Waals surface area contributed by atoms with Crippen LogP contribution in [0.3, 0.4) is 0 Å². The van der Waals surface area contributed by atoms with Crippen molar-refractivity contribution in [3.63, 3.8) is 0 Å². The minimum atomic E-state index is 0.0498. The Hall–Kier alpha value is -0.580. The third-order valence-electron chi connectivity index (χ3n) is 4.77. The summed E-state index contributed by atoms with van der Waals surface area (Å²) in [5.74, 6) is 0.602. The molecule has 1 atom stereocenters. The van der Waals surface area contributed by atoms with E-state index in [0.717, 1.165) is 39.8 Å². The Morgan fingerprint density at radius 3 is 2.76 bits per heavy atom. The lowest BCUT2D eigenvalue weighted by Gasteiger charge is -2.28. The van der Waals surface area contributed by atoms with Gasteiger partial charge in [0.1, 0.15) is 0 Å². The molecule has 2 aromatic rings. The van der Waals surface area contributed by atoms with Crippen molar-refractivity contribution in [2.24, 2.45) is 0 Å². The lowest BCUT2D eigenvalue weighted by atomic mass is 9.80. The molecule has 0 N–H and O–H groups in total. The molecular weight excluding hydrogens is 352 g/mol. The van der Waals surface area contributed by atoms with Crippen LogP contribution in [-0.2, 0) is 4.74 Å². The molecule has 1 unspecified atom stereocenters. The molecule has 5 heteroatoms. The first-order valence-electron chi connectivity index (χ1n) is 7.72. The van der Waals surface area contributed by atoms with E-state index in [0.29, 0.717) is 5.92 Å². The molecule has 0 radical (unpaired) electrons. The van der Waals surface area contributed by atoms with Gasteiger partial charge in [-0.25, -0.2) is 4.68 Å². The van der Waals surface area contributed by atoms with Crippen molar-refractivity contribution in [3.05, 3.63) is 27.3 Å². The van der Waals surface area contributed by atoms with E-state index < -0.39 is 0 Å². The van der Waals surface area contributed by atoms with Crippen molar-refractivity contribution in [2.75, 3.05) is 6.61 Å². The molecule has 1 aromatic carbocycles. The second kappa shape index (κ2) is 5.56. The molecule has 0 amide bonds. The van der Waals surface area contributed by atoms with E-state index in [1.54, 1.807) is 0 Å². The van der Waals surface area contributed by atoms with E-state index in [2.05, 4.69) is 27.1 Å². The summed E-state index contributed by atoms with van der Waals surface area (Å²) < 4.78 is 8.98. The van der Waals surface area contributed by atoms with Gasteiger partial charge in [0, 0.05) is 21.5 Å². The predicted molar refractivity (Wildman–Crippen MR) is 87.9 cm³/mol. The summed E-state index contributed by atoms with van der Waals surface area (Å²) in [6.07, 6.45) is 9.14. The van der Waals surface area contributed by atoms with Gasteiger partial charge in [0.25, 0.3) is 0 Å². The predicted octanol–water partition coefficient (Wildman–Crippen LogP) is 5.42. The number of hydrogen-bond acceptors (Lipinski definition) is 2. The molecule has 2 fully saturated rings. The summed E-state index contributed by atoms with van der Waals surface area (Å²) in [5, 5.41) is 6.57. The normalized spacial score (nSPS) is 23.4. The van der Waals surface area contributed by atoms with Crippen LogP contribution in [0.1, 0.15) is 56.2 Å². The van der Waals surface area contributed by atoms with Crippen LogP contribution in [0.5, 0.6) is 0 Å². The molecule has 2 heterocycles. The van der Waals surface area contributed by atoms with Crippen LogP contribution in [0.2, 0.25) is 5.02 Å². The molecule has 1 saturated heterocycles. The van der Waals surface area contributed by atoms with Crippen LogP contribution in [0, 0.1) is 0 Å². The zero-order chi connectivity index (χ0) is 14.4. The van der Waals surface area contributed by atoms with Crippen LogP contribution < -0.4 is 0 Å². The van der Waals surface area contributed by atoms with Crippen molar-refractivity contribution >= 4 is 38.4 Å². The van der Waals surface area contributed by atoms with E-state index >= 15 is 0 Å². The molecule has 1 aliphatic heterocycles. The standard InChI is InChI=1S/C16H18BrClN2O/c17-16-11-9-19-20(14-6-1-2-7-21-14)13(11)8-12(18)15(16)10-4-3-5-10/h8-10,14H,1-7H2. The minimum Gasteiger partial charge on any atom is -0.356 e. The number of benzene rings is 1. The number of nitrogens with zero attached hydrogens (tertiary/aromatic N) is 2. The largest absolute Gasteiger partial charge is 0.356 e. The monoisotopic (exact) mass is 368 g/mol. The quantitative estimate of drug-likeness (QED) is 0.707. The lowest BCUT2D eigenvalue weighted by molar-refractivity contribution is -0.0366. The van der Waals surface area contributed by atoms with Gasteiger partial charge in [0.15, 0.2) is 6.23 Å². The first-order valence-corrected chi connectivity index (χ1v) is 8.89. The van der Waals surface area contributed by atoms with Gasteiger partial charge in [-0.05, 0) is 65.6 Å². The summed E-state index contributed by atoms with van der Waals surface area (Å²) in [4.78, 5) is 0. The fraction of sp³-hybridized carbons (Fsp3) is 0.562. The highest BCUT2D eigenvalue weighted by Crippen LogP contribution is 2.46. The molecule has 3 nitrogen and oxygen atoms in total. The van der Waals surface area contributed by atoms with E-state index in [1.165, 1.54) is 31.2 Å².